The van der Waals surface area contributed by atoms with Gasteiger partial charge in [0.25, 0.3) is 0 Å². The van der Waals surface area contributed by atoms with Gasteiger partial charge in [-0.25, -0.2) is 4.68 Å². The number of fused-ring (bicyclic) bond motifs is 1. The number of benzene rings is 3. The summed E-state index contributed by atoms with van der Waals surface area (Å²) in [5.41, 5.74) is 4.10. The Balaban J connectivity index is 1.73. The summed E-state index contributed by atoms with van der Waals surface area (Å²) in [6, 6.07) is 24.0. The lowest BCUT2D eigenvalue weighted by Gasteiger charge is -2.32. The molecule has 0 aliphatic rings. The van der Waals surface area contributed by atoms with Gasteiger partial charge < -0.3 is 15.0 Å². The Morgan fingerprint density at radius 1 is 1.00 bits per heavy atom. The fourth-order valence-corrected chi connectivity index (χ4v) is 4.07. The maximum absolute atomic E-state index is 13.9. The van der Waals surface area contributed by atoms with Gasteiger partial charge in [-0.1, -0.05) is 71.9 Å². The van der Waals surface area contributed by atoms with Crippen LogP contribution in [0.25, 0.3) is 11.0 Å². The lowest BCUT2D eigenvalue weighted by Crippen LogP contribution is -2.45. The predicted octanol–water partition coefficient (Wildman–Crippen LogP) is 3.27. The molecule has 35 heavy (non-hydrogen) atoms. The quantitative estimate of drug-likeness (QED) is 0.359. The van der Waals surface area contributed by atoms with Crippen molar-refractivity contribution in [3.05, 3.63) is 95.6 Å². The van der Waals surface area contributed by atoms with Crippen LogP contribution in [0.4, 0.5) is 0 Å². The van der Waals surface area contributed by atoms with Crippen LogP contribution in [0.15, 0.2) is 78.9 Å². The number of hydrogen-bond donors (Lipinski definition) is 1. The van der Waals surface area contributed by atoms with Crippen LogP contribution in [0, 0.1) is 6.92 Å². The Hall–Kier alpha value is -4.04. The topological polar surface area (TPSA) is 89.4 Å². The molecule has 8 nitrogen and oxygen atoms in total. The first-order chi connectivity index (χ1) is 17.1. The van der Waals surface area contributed by atoms with Gasteiger partial charge in [0.15, 0.2) is 0 Å². The molecule has 0 radical (unpaired) electrons. The molecule has 0 fully saturated rings. The first kappa shape index (κ1) is 24.1. The molecular formula is C27H29N5O3. The van der Waals surface area contributed by atoms with Gasteiger partial charge in [0.2, 0.25) is 11.8 Å². The summed E-state index contributed by atoms with van der Waals surface area (Å²) in [7, 11) is 1.58. The van der Waals surface area contributed by atoms with E-state index in [1.165, 1.54) is 0 Å². The van der Waals surface area contributed by atoms with Crippen molar-refractivity contribution in [3.63, 3.8) is 0 Å². The van der Waals surface area contributed by atoms with Crippen molar-refractivity contribution in [3.8, 4) is 0 Å². The average molecular weight is 472 g/mol. The summed E-state index contributed by atoms with van der Waals surface area (Å²) in [5, 5.41) is 11.3. The number of nitrogens with one attached hydrogen (secondary N) is 1. The molecule has 180 valence electrons. The van der Waals surface area contributed by atoms with Crippen molar-refractivity contribution in [1.29, 1.82) is 0 Å². The molecule has 1 aromatic heterocycles. The van der Waals surface area contributed by atoms with E-state index in [1.807, 2.05) is 85.8 Å². The van der Waals surface area contributed by atoms with Crippen LogP contribution in [0.1, 0.15) is 22.7 Å². The minimum absolute atomic E-state index is 0.0406. The first-order valence-electron chi connectivity index (χ1n) is 11.5. The van der Waals surface area contributed by atoms with Crippen LogP contribution >= 0.6 is 0 Å². The van der Waals surface area contributed by atoms with Gasteiger partial charge in [-0.15, -0.1) is 5.10 Å². The smallest absolute Gasteiger partial charge is 0.247 e. The van der Waals surface area contributed by atoms with E-state index in [0.29, 0.717) is 18.7 Å². The third-order valence-corrected chi connectivity index (χ3v) is 5.87. The van der Waals surface area contributed by atoms with Crippen LogP contribution in [0.5, 0.6) is 0 Å². The maximum Gasteiger partial charge on any atom is 0.247 e. The lowest BCUT2D eigenvalue weighted by molar-refractivity contribution is -0.142. The molecule has 0 aliphatic carbocycles. The maximum atomic E-state index is 13.9. The molecule has 4 rings (SSSR count). The lowest BCUT2D eigenvalue weighted by atomic mass is 9.98. The van der Waals surface area contributed by atoms with Gasteiger partial charge in [-0.2, -0.15) is 0 Å². The molecule has 8 heteroatoms. The largest absolute Gasteiger partial charge is 0.383 e. The molecule has 1 heterocycles. The molecule has 1 atom stereocenters. The van der Waals surface area contributed by atoms with E-state index < -0.39 is 6.04 Å². The molecule has 0 saturated heterocycles. The fourth-order valence-electron chi connectivity index (χ4n) is 4.07. The molecule has 0 bridgehead atoms. The number of aryl methyl sites for hydroxylation is 1. The molecule has 0 saturated carbocycles. The van der Waals surface area contributed by atoms with Crippen LogP contribution in [-0.4, -0.2) is 52.0 Å². The zero-order chi connectivity index (χ0) is 24.6. The Kier molecular flexibility index (Phi) is 7.84. The third kappa shape index (κ3) is 5.73. The molecule has 1 unspecified atom stereocenters. The summed E-state index contributed by atoms with van der Waals surface area (Å²) < 4.78 is 6.68. The van der Waals surface area contributed by atoms with Gasteiger partial charge >= 0.3 is 0 Å². The number of ether oxygens (including phenoxy) is 1. The van der Waals surface area contributed by atoms with Crippen molar-refractivity contribution < 1.29 is 14.3 Å². The second kappa shape index (κ2) is 11.4. The number of methoxy groups -OCH3 is 1. The molecule has 1 N–H and O–H groups in total. The SMILES string of the molecule is COCCNC(=O)C(c1ccccc1C)N(Cc1ccccc1)C(=O)Cn1nnc2ccccc21. The van der Waals surface area contributed by atoms with Crippen molar-refractivity contribution in [1.82, 2.24) is 25.2 Å². The number of hydrogen-bond acceptors (Lipinski definition) is 5. The van der Waals surface area contributed by atoms with E-state index in [0.717, 1.165) is 22.2 Å². The normalized spacial score (nSPS) is 11.8. The van der Waals surface area contributed by atoms with Crippen molar-refractivity contribution >= 4 is 22.8 Å². The molecule has 4 aromatic rings. The zero-order valence-electron chi connectivity index (χ0n) is 19.9. The number of aromatic nitrogens is 3. The highest BCUT2D eigenvalue weighted by Gasteiger charge is 2.32. The highest BCUT2D eigenvalue weighted by molar-refractivity contribution is 5.89. The summed E-state index contributed by atoms with van der Waals surface area (Å²) in [6.45, 7) is 2.90. The zero-order valence-corrected chi connectivity index (χ0v) is 19.9. The van der Waals surface area contributed by atoms with Gasteiger partial charge in [-0.3, -0.25) is 9.59 Å². The second-order valence-electron chi connectivity index (χ2n) is 8.29. The van der Waals surface area contributed by atoms with E-state index in [2.05, 4.69) is 15.6 Å². The Bertz CT molecular complexity index is 1290. The predicted molar refractivity (Wildman–Crippen MR) is 133 cm³/mol. The average Bonchev–Trinajstić information content (AvgIpc) is 3.28. The molecule has 2 amide bonds. The Labute approximate surface area is 204 Å². The second-order valence-corrected chi connectivity index (χ2v) is 8.29. The fraction of sp³-hybridized carbons (Fsp3) is 0.259. The van der Waals surface area contributed by atoms with Gasteiger partial charge in [-0.05, 0) is 35.7 Å². The summed E-state index contributed by atoms with van der Waals surface area (Å²) in [4.78, 5) is 29.0. The number of carbonyl (C=O) groups excluding carboxylic acids is 2. The summed E-state index contributed by atoms with van der Waals surface area (Å²) in [6.07, 6.45) is 0. The van der Waals surface area contributed by atoms with Crippen LogP contribution in [0.2, 0.25) is 0 Å². The monoisotopic (exact) mass is 471 g/mol. The molecule has 0 spiro atoms. The van der Waals surface area contributed by atoms with E-state index in [1.54, 1.807) is 16.7 Å². The molecule has 0 aliphatic heterocycles. The highest BCUT2D eigenvalue weighted by Crippen LogP contribution is 2.27. The first-order valence-corrected chi connectivity index (χ1v) is 11.5. The molecule has 3 aromatic carbocycles. The van der Waals surface area contributed by atoms with E-state index in [4.69, 9.17) is 4.74 Å². The molecular weight excluding hydrogens is 442 g/mol. The van der Waals surface area contributed by atoms with Gasteiger partial charge in [0, 0.05) is 20.2 Å². The third-order valence-electron chi connectivity index (χ3n) is 5.87. The Morgan fingerprint density at radius 3 is 2.49 bits per heavy atom. The minimum Gasteiger partial charge on any atom is -0.383 e. The van der Waals surface area contributed by atoms with Crippen LogP contribution < -0.4 is 5.32 Å². The Morgan fingerprint density at radius 2 is 1.71 bits per heavy atom. The summed E-state index contributed by atoms with van der Waals surface area (Å²) >= 11 is 0. The number of nitrogens with zero attached hydrogens (tertiary/aromatic N) is 4. The van der Waals surface area contributed by atoms with Crippen LogP contribution in [0.3, 0.4) is 0 Å². The van der Waals surface area contributed by atoms with E-state index in [9.17, 15) is 9.59 Å². The van der Waals surface area contributed by atoms with Gasteiger partial charge in [0.05, 0.1) is 12.1 Å². The van der Waals surface area contributed by atoms with Crippen LogP contribution in [-0.2, 0) is 27.4 Å². The summed E-state index contributed by atoms with van der Waals surface area (Å²) in [5.74, 6) is -0.497. The highest BCUT2D eigenvalue weighted by atomic mass is 16.5. The standard InChI is InChI=1S/C27H29N5O3/c1-20-10-6-7-13-22(20)26(27(34)28-16-17-35-2)31(18-21-11-4-3-5-12-21)25(33)19-32-24-15-9-8-14-23(24)29-30-32/h3-15,26H,16-19H2,1-2H3,(H,28,34). The number of carbonyl (C=O) groups is 2. The van der Waals surface area contributed by atoms with Crippen molar-refractivity contribution in [2.75, 3.05) is 20.3 Å². The minimum atomic E-state index is -0.824. The number of amides is 2. The van der Waals surface area contributed by atoms with Crippen molar-refractivity contribution in [2.24, 2.45) is 0 Å². The van der Waals surface area contributed by atoms with Crippen molar-refractivity contribution in [2.45, 2.75) is 26.1 Å². The van der Waals surface area contributed by atoms with Gasteiger partial charge in [0.1, 0.15) is 18.1 Å². The number of para-hydroxylation sites is 1. The van der Waals surface area contributed by atoms with E-state index in [-0.39, 0.29) is 24.9 Å². The number of rotatable bonds is 10. The van der Waals surface area contributed by atoms with E-state index >= 15 is 0 Å².